The minimum absolute atomic E-state index is 0.289. The molecule has 2 N–H and O–H groups in total. The Hall–Kier alpha value is -1.35. The van der Waals surface area contributed by atoms with Crippen molar-refractivity contribution in [2.75, 3.05) is 7.11 Å². The van der Waals surface area contributed by atoms with E-state index in [4.69, 9.17) is 10.5 Å². The lowest BCUT2D eigenvalue weighted by Gasteiger charge is -2.20. The molecule has 0 amide bonds. The highest BCUT2D eigenvalue weighted by Gasteiger charge is 2.17. The number of methoxy groups -OCH3 is 1. The Kier molecular flexibility index (Phi) is 3.79. The largest absolute Gasteiger partial charge is 0.497 e. The van der Waals surface area contributed by atoms with Gasteiger partial charge in [-0.1, -0.05) is 17.7 Å². The van der Waals surface area contributed by atoms with E-state index >= 15 is 0 Å². The molecule has 0 saturated carbocycles. The van der Waals surface area contributed by atoms with Gasteiger partial charge >= 0.3 is 0 Å². The minimum atomic E-state index is -0.318. The summed E-state index contributed by atoms with van der Waals surface area (Å²) in [5.74, 6) is 0.236. The Morgan fingerprint density at radius 1 is 1.35 bits per heavy atom. The van der Waals surface area contributed by atoms with Crippen LogP contribution in [-0.4, -0.2) is 7.11 Å². The quantitative estimate of drug-likeness (QED) is 0.815. The number of benzene rings is 1. The maximum atomic E-state index is 13.9. The summed E-state index contributed by atoms with van der Waals surface area (Å²) in [6.45, 7) is 0. The lowest BCUT2D eigenvalue weighted by molar-refractivity contribution is 0.410. The summed E-state index contributed by atoms with van der Waals surface area (Å²) in [7, 11) is 1.53. The second-order valence-electron chi connectivity index (χ2n) is 4.39. The minimum Gasteiger partial charge on any atom is -0.497 e. The summed E-state index contributed by atoms with van der Waals surface area (Å²) >= 11 is 0. The normalized spacial score (nSPS) is 17.5. The number of hydrogen-bond donors (Lipinski definition) is 1. The van der Waals surface area contributed by atoms with E-state index < -0.39 is 0 Å². The van der Waals surface area contributed by atoms with Crippen molar-refractivity contribution in [3.8, 4) is 5.75 Å². The Morgan fingerprint density at radius 2 is 2.18 bits per heavy atom. The number of hydrogen-bond acceptors (Lipinski definition) is 2. The maximum absolute atomic E-state index is 13.9. The van der Waals surface area contributed by atoms with Gasteiger partial charge in [-0.25, -0.2) is 4.39 Å². The summed E-state index contributed by atoms with van der Waals surface area (Å²) in [5, 5.41) is 0. The number of nitrogens with two attached hydrogens (primary N) is 1. The molecule has 0 bridgehead atoms. The Labute approximate surface area is 101 Å². The van der Waals surface area contributed by atoms with Gasteiger partial charge in [0.25, 0.3) is 0 Å². The zero-order valence-corrected chi connectivity index (χ0v) is 10.1. The molecule has 0 spiro atoms. The third-order valence-electron chi connectivity index (χ3n) is 3.27. The first-order valence-corrected chi connectivity index (χ1v) is 6.00. The molecule has 0 heterocycles. The Balaban J connectivity index is 2.24. The zero-order valence-electron chi connectivity index (χ0n) is 10.1. The molecule has 1 aromatic carbocycles. The standard InChI is InChI=1S/C14H18FNO/c1-17-11-7-8-12(13(15)9-11)14(16)10-5-3-2-4-6-10/h5,7-9,14H,2-4,6,16H2,1H3. The van der Waals surface area contributed by atoms with E-state index in [-0.39, 0.29) is 11.9 Å². The van der Waals surface area contributed by atoms with E-state index in [0.29, 0.717) is 11.3 Å². The van der Waals surface area contributed by atoms with Crippen LogP contribution in [0.4, 0.5) is 4.39 Å². The van der Waals surface area contributed by atoms with Crippen molar-refractivity contribution < 1.29 is 9.13 Å². The van der Waals surface area contributed by atoms with Crippen LogP contribution in [0.25, 0.3) is 0 Å². The average Bonchev–Trinajstić information content (AvgIpc) is 2.39. The van der Waals surface area contributed by atoms with E-state index in [1.807, 2.05) is 0 Å². The van der Waals surface area contributed by atoms with E-state index in [1.54, 1.807) is 12.1 Å². The van der Waals surface area contributed by atoms with Gasteiger partial charge in [-0.05, 0) is 31.7 Å². The molecule has 2 nitrogen and oxygen atoms in total. The molecular weight excluding hydrogens is 217 g/mol. The molecule has 0 fully saturated rings. The summed E-state index contributed by atoms with van der Waals surface area (Å²) in [6, 6.07) is 4.54. The van der Waals surface area contributed by atoms with Crippen LogP contribution in [0.15, 0.2) is 29.8 Å². The van der Waals surface area contributed by atoms with Gasteiger partial charge in [0, 0.05) is 11.6 Å². The second kappa shape index (κ2) is 5.32. The fourth-order valence-electron chi connectivity index (χ4n) is 2.23. The molecule has 0 saturated heterocycles. The smallest absolute Gasteiger partial charge is 0.131 e. The average molecular weight is 235 g/mol. The molecule has 1 aliphatic carbocycles. The van der Waals surface area contributed by atoms with Crippen LogP contribution >= 0.6 is 0 Å². The van der Waals surface area contributed by atoms with Crippen molar-refractivity contribution in [1.29, 1.82) is 0 Å². The number of rotatable bonds is 3. The summed E-state index contributed by atoms with van der Waals surface area (Å²) in [5.41, 5.74) is 7.82. The fourth-order valence-corrected chi connectivity index (χ4v) is 2.23. The molecule has 2 rings (SSSR count). The molecule has 0 aromatic heterocycles. The predicted molar refractivity (Wildman–Crippen MR) is 66.4 cm³/mol. The van der Waals surface area contributed by atoms with Gasteiger partial charge < -0.3 is 10.5 Å². The molecule has 17 heavy (non-hydrogen) atoms. The van der Waals surface area contributed by atoms with Crippen molar-refractivity contribution in [3.05, 3.63) is 41.2 Å². The first-order valence-electron chi connectivity index (χ1n) is 6.00. The molecule has 0 radical (unpaired) electrons. The van der Waals surface area contributed by atoms with Crippen molar-refractivity contribution in [3.63, 3.8) is 0 Å². The molecule has 1 unspecified atom stereocenters. The Bertz CT molecular complexity index is 428. The highest BCUT2D eigenvalue weighted by molar-refractivity contribution is 5.35. The van der Waals surface area contributed by atoms with Crippen LogP contribution in [0.2, 0.25) is 0 Å². The second-order valence-corrected chi connectivity index (χ2v) is 4.39. The Morgan fingerprint density at radius 3 is 2.76 bits per heavy atom. The van der Waals surface area contributed by atoms with Gasteiger partial charge in [-0.3, -0.25) is 0 Å². The van der Waals surface area contributed by atoms with Crippen LogP contribution in [-0.2, 0) is 0 Å². The highest BCUT2D eigenvalue weighted by Crippen LogP contribution is 2.30. The van der Waals surface area contributed by atoms with Crippen molar-refractivity contribution >= 4 is 0 Å². The zero-order chi connectivity index (χ0) is 12.3. The lowest BCUT2D eigenvalue weighted by Crippen LogP contribution is -2.16. The maximum Gasteiger partial charge on any atom is 0.131 e. The predicted octanol–water partition coefficient (Wildman–Crippen LogP) is 3.33. The van der Waals surface area contributed by atoms with Crippen molar-refractivity contribution in [2.24, 2.45) is 5.73 Å². The van der Waals surface area contributed by atoms with Crippen LogP contribution in [0.5, 0.6) is 5.75 Å². The summed E-state index contributed by atoms with van der Waals surface area (Å²) < 4.78 is 18.8. The lowest BCUT2D eigenvalue weighted by atomic mass is 9.90. The molecule has 0 aliphatic heterocycles. The number of ether oxygens (including phenoxy) is 1. The first kappa shape index (κ1) is 12.1. The van der Waals surface area contributed by atoms with Gasteiger partial charge in [-0.2, -0.15) is 0 Å². The number of allylic oxidation sites excluding steroid dienone is 1. The van der Waals surface area contributed by atoms with Gasteiger partial charge in [0.05, 0.1) is 13.2 Å². The monoisotopic (exact) mass is 235 g/mol. The SMILES string of the molecule is COc1ccc(C(N)C2=CCCCC2)c(F)c1. The third-order valence-corrected chi connectivity index (χ3v) is 3.27. The van der Waals surface area contributed by atoms with Gasteiger partial charge in [0.1, 0.15) is 11.6 Å². The fraction of sp³-hybridized carbons (Fsp3) is 0.429. The van der Waals surface area contributed by atoms with Gasteiger partial charge in [0.15, 0.2) is 0 Å². The van der Waals surface area contributed by atoms with Crippen LogP contribution in [0.1, 0.15) is 37.3 Å². The number of halogens is 1. The third kappa shape index (κ3) is 2.67. The molecule has 1 aromatic rings. The van der Waals surface area contributed by atoms with Crippen LogP contribution < -0.4 is 10.5 Å². The highest BCUT2D eigenvalue weighted by atomic mass is 19.1. The molecule has 3 heteroatoms. The van der Waals surface area contributed by atoms with E-state index in [0.717, 1.165) is 24.8 Å². The molecule has 1 aliphatic rings. The first-order chi connectivity index (χ1) is 8.22. The van der Waals surface area contributed by atoms with Gasteiger partial charge in [-0.15, -0.1) is 0 Å². The van der Waals surface area contributed by atoms with E-state index in [2.05, 4.69) is 6.08 Å². The van der Waals surface area contributed by atoms with Crippen LogP contribution in [0.3, 0.4) is 0 Å². The summed E-state index contributed by atoms with van der Waals surface area (Å²) in [4.78, 5) is 0. The van der Waals surface area contributed by atoms with Crippen molar-refractivity contribution in [2.45, 2.75) is 31.7 Å². The van der Waals surface area contributed by atoms with Crippen molar-refractivity contribution in [1.82, 2.24) is 0 Å². The van der Waals surface area contributed by atoms with E-state index in [1.165, 1.54) is 19.6 Å². The molecular formula is C14H18FNO. The topological polar surface area (TPSA) is 35.2 Å². The molecule has 1 atom stereocenters. The van der Waals surface area contributed by atoms with E-state index in [9.17, 15) is 4.39 Å². The summed E-state index contributed by atoms with van der Waals surface area (Å²) in [6.07, 6.45) is 6.55. The molecule has 92 valence electrons. The van der Waals surface area contributed by atoms with Crippen LogP contribution in [0, 0.1) is 5.82 Å². The van der Waals surface area contributed by atoms with Gasteiger partial charge in [0.2, 0.25) is 0 Å².